The molecule has 24 heavy (non-hydrogen) atoms. The lowest BCUT2D eigenvalue weighted by molar-refractivity contribution is -0.137. The van der Waals surface area contributed by atoms with E-state index in [1.807, 2.05) is 6.92 Å². The molecule has 1 heterocycles. The Kier molecular flexibility index (Phi) is 5.57. The molecule has 1 amide bonds. The zero-order valence-electron chi connectivity index (χ0n) is 13.5. The van der Waals surface area contributed by atoms with Crippen LogP contribution in [0.4, 0.5) is 0 Å². The van der Waals surface area contributed by atoms with Crippen LogP contribution in [-0.4, -0.2) is 29.6 Å². The molecule has 2 aromatic rings. The Bertz CT molecular complexity index is 810. The molecule has 1 atom stereocenters. The summed E-state index contributed by atoms with van der Waals surface area (Å²) in [4.78, 5) is 33.7. The van der Waals surface area contributed by atoms with E-state index in [0.717, 1.165) is 10.9 Å². The minimum Gasteiger partial charge on any atom is -0.481 e. The Morgan fingerprint density at radius 2 is 2.08 bits per heavy atom. The highest BCUT2D eigenvalue weighted by Crippen LogP contribution is 2.22. The summed E-state index contributed by atoms with van der Waals surface area (Å²) >= 11 is 0. The first kappa shape index (κ1) is 17.5. The van der Waals surface area contributed by atoms with Gasteiger partial charge < -0.3 is 19.6 Å². The fourth-order valence-corrected chi connectivity index (χ4v) is 2.23. The standard InChI is InChI=1S/C17H19NO6/c1-10-8-16(21)24-14-9-12(5-6-13(10)14)23-11(2)17(22)18-7-3-4-15(19)20/h5-6,8-9,11H,3-4,7H2,1-2H3,(H,18,22)(H,19,20)/t11-/m1/s1. The van der Waals surface area contributed by atoms with E-state index in [1.54, 1.807) is 25.1 Å². The maximum atomic E-state index is 11.9. The predicted octanol–water partition coefficient (Wildman–Crippen LogP) is 1.85. The Labute approximate surface area is 138 Å². The maximum absolute atomic E-state index is 11.9. The van der Waals surface area contributed by atoms with Crippen LogP contribution >= 0.6 is 0 Å². The van der Waals surface area contributed by atoms with E-state index in [9.17, 15) is 14.4 Å². The molecule has 7 heteroatoms. The quantitative estimate of drug-likeness (QED) is 0.592. The number of aliphatic carboxylic acids is 1. The van der Waals surface area contributed by atoms with E-state index < -0.39 is 17.7 Å². The number of ether oxygens (including phenoxy) is 1. The predicted molar refractivity (Wildman–Crippen MR) is 87.2 cm³/mol. The van der Waals surface area contributed by atoms with Gasteiger partial charge in [0.25, 0.3) is 5.91 Å². The van der Waals surface area contributed by atoms with Crippen molar-refractivity contribution in [2.24, 2.45) is 0 Å². The fourth-order valence-electron chi connectivity index (χ4n) is 2.23. The minimum atomic E-state index is -0.901. The molecule has 0 fully saturated rings. The Hall–Kier alpha value is -2.83. The maximum Gasteiger partial charge on any atom is 0.336 e. The monoisotopic (exact) mass is 333 g/mol. The summed E-state index contributed by atoms with van der Waals surface area (Å²) in [6.07, 6.45) is -0.406. The molecule has 0 bridgehead atoms. The van der Waals surface area contributed by atoms with Gasteiger partial charge in [-0.25, -0.2) is 4.79 Å². The number of carbonyl (C=O) groups excluding carboxylic acids is 1. The fraction of sp³-hybridized carbons (Fsp3) is 0.353. The van der Waals surface area contributed by atoms with Crippen molar-refractivity contribution in [2.75, 3.05) is 6.54 Å². The molecule has 0 aliphatic heterocycles. The number of amides is 1. The third kappa shape index (κ3) is 4.58. The molecule has 0 radical (unpaired) electrons. The molecule has 0 saturated carbocycles. The van der Waals surface area contributed by atoms with Gasteiger partial charge in [0.2, 0.25) is 0 Å². The van der Waals surface area contributed by atoms with Gasteiger partial charge in [-0.15, -0.1) is 0 Å². The molecule has 0 aliphatic carbocycles. The van der Waals surface area contributed by atoms with Gasteiger partial charge in [0, 0.05) is 30.5 Å². The topological polar surface area (TPSA) is 106 Å². The minimum absolute atomic E-state index is 0.00141. The molecule has 1 aromatic heterocycles. The first-order valence-corrected chi connectivity index (χ1v) is 7.57. The highest BCUT2D eigenvalue weighted by atomic mass is 16.5. The van der Waals surface area contributed by atoms with E-state index in [2.05, 4.69) is 5.32 Å². The molecule has 128 valence electrons. The molecule has 2 rings (SSSR count). The first-order valence-electron chi connectivity index (χ1n) is 7.57. The first-order chi connectivity index (χ1) is 11.4. The highest BCUT2D eigenvalue weighted by molar-refractivity contribution is 5.82. The van der Waals surface area contributed by atoms with Crippen molar-refractivity contribution in [3.05, 3.63) is 40.2 Å². The van der Waals surface area contributed by atoms with Crippen molar-refractivity contribution in [1.82, 2.24) is 5.32 Å². The summed E-state index contributed by atoms with van der Waals surface area (Å²) in [6, 6.07) is 6.44. The van der Waals surface area contributed by atoms with Crippen LogP contribution in [-0.2, 0) is 9.59 Å². The second-order valence-electron chi connectivity index (χ2n) is 5.45. The number of carboxylic acid groups (broad SMARTS) is 1. The van der Waals surface area contributed by atoms with Gasteiger partial charge in [0.15, 0.2) is 6.10 Å². The largest absolute Gasteiger partial charge is 0.481 e. The summed E-state index contributed by atoms with van der Waals surface area (Å²) in [5.41, 5.74) is 0.755. The van der Waals surface area contributed by atoms with Crippen molar-refractivity contribution in [3.63, 3.8) is 0 Å². The van der Waals surface area contributed by atoms with Crippen LogP contribution in [0.5, 0.6) is 5.75 Å². The number of hydrogen-bond acceptors (Lipinski definition) is 5. The van der Waals surface area contributed by atoms with Gasteiger partial charge >= 0.3 is 11.6 Å². The van der Waals surface area contributed by atoms with E-state index in [4.69, 9.17) is 14.3 Å². The van der Waals surface area contributed by atoms with Crippen molar-refractivity contribution in [1.29, 1.82) is 0 Å². The average molecular weight is 333 g/mol. The number of fused-ring (bicyclic) bond motifs is 1. The normalized spacial score (nSPS) is 11.9. The van der Waals surface area contributed by atoms with Gasteiger partial charge in [0.05, 0.1) is 0 Å². The molecular weight excluding hydrogens is 314 g/mol. The zero-order chi connectivity index (χ0) is 17.7. The Morgan fingerprint density at radius 3 is 2.79 bits per heavy atom. The smallest absolute Gasteiger partial charge is 0.336 e. The summed E-state index contributed by atoms with van der Waals surface area (Å²) in [7, 11) is 0. The van der Waals surface area contributed by atoms with E-state index in [-0.39, 0.29) is 18.9 Å². The molecule has 0 aliphatic rings. The SMILES string of the molecule is Cc1cc(=O)oc2cc(O[C@H](C)C(=O)NCCCC(=O)O)ccc12. The third-order valence-corrected chi connectivity index (χ3v) is 3.47. The van der Waals surface area contributed by atoms with Gasteiger partial charge in [-0.2, -0.15) is 0 Å². The lowest BCUT2D eigenvalue weighted by atomic mass is 10.1. The summed E-state index contributed by atoms with van der Waals surface area (Å²) < 4.78 is 10.7. The number of carboxylic acids is 1. The number of rotatable bonds is 7. The van der Waals surface area contributed by atoms with Crippen molar-refractivity contribution in [2.45, 2.75) is 32.8 Å². The lowest BCUT2D eigenvalue weighted by Crippen LogP contribution is -2.36. The summed E-state index contributed by atoms with van der Waals surface area (Å²) in [6.45, 7) is 3.67. The molecule has 0 spiro atoms. The number of hydrogen-bond donors (Lipinski definition) is 2. The van der Waals surface area contributed by atoms with Crippen LogP contribution in [0.3, 0.4) is 0 Å². The van der Waals surface area contributed by atoms with Gasteiger partial charge in [0.1, 0.15) is 11.3 Å². The number of nitrogens with one attached hydrogen (secondary N) is 1. The van der Waals surface area contributed by atoms with Crippen molar-refractivity contribution in [3.8, 4) is 5.75 Å². The van der Waals surface area contributed by atoms with Gasteiger partial charge in [-0.3, -0.25) is 9.59 Å². The molecule has 0 unspecified atom stereocenters. The number of benzene rings is 1. The van der Waals surface area contributed by atoms with Crippen LogP contribution in [0, 0.1) is 6.92 Å². The second-order valence-corrected chi connectivity index (χ2v) is 5.45. The van der Waals surface area contributed by atoms with Crippen LogP contribution < -0.4 is 15.7 Å². The van der Waals surface area contributed by atoms with Crippen LogP contribution in [0.25, 0.3) is 11.0 Å². The summed E-state index contributed by atoms with van der Waals surface area (Å²) in [5.74, 6) is -0.836. The Balaban J connectivity index is 1.99. The highest BCUT2D eigenvalue weighted by Gasteiger charge is 2.15. The number of carbonyl (C=O) groups is 2. The summed E-state index contributed by atoms with van der Waals surface area (Å²) in [5, 5.41) is 12.0. The van der Waals surface area contributed by atoms with Crippen LogP contribution in [0.2, 0.25) is 0 Å². The van der Waals surface area contributed by atoms with E-state index in [0.29, 0.717) is 17.8 Å². The van der Waals surface area contributed by atoms with E-state index in [1.165, 1.54) is 6.07 Å². The molecular formula is C17H19NO6. The van der Waals surface area contributed by atoms with Crippen LogP contribution in [0.1, 0.15) is 25.3 Å². The molecule has 1 aromatic carbocycles. The second kappa shape index (κ2) is 7.63. The number of aryl methyl sites for hydroxylation is 1. The van der Waals surface area contributed by atoms with Crippen molar-refractivity contribution >= 4 is 22.8 Å². The van der Waals surface area contributed by atoms with Crippen LogP contribution in [0.15, 0.2) is 33.5 Å². The van der Waals surface area contributed by atoms with Gasteiger partial charge in [-0.1, -0.05) is 0 Å². The molecule has 2 N–H and O–H groups in total. The lowest BCUT2D eigenvalue weighted by Gasteiger charge is -2.15. The van der Waals surface area contributed by atoms with Crippen molar-refractivity contribution < 1.29 is 23.8 Å². The molecule has 0 saturated heterocycles. The zero-order valence-corrected chi connectivity index (χ0v) is 13.5. The van der Waals surface area contributed by atoms with E-state index >= 15 is 0 Å². The third-order valence-electron chi connectivity index (χ3n) is 3.47. The average Bonchev–Trinajstić information content (AvgIpc) is 2.50. The molecule has 7 nitrogen and oxygen atoms in total. The van der Waals surface area contributed by atoms with Gasteiger partial charge in [-0.05, 0) is 38.0 Å². The Morgan fingerprint density at radius 1 is 1.33 bits per heavy atom.